The van der Waals surface area contributed by atoms with Crippen LogP contribution >= 0.6 is 11.3 Å². The van der Waals surface area contributed by atoms with E-state index in [1.54, 1.807) is 23.8 Å². The third-order valence-corrected chi connectivity index (χ3v) is 4.55. The summed E-state index contributed by atoms with van der Waals surface area (Å²) in [6.07, 6.45) is 3.23. The molecule has 24 heavy (non-hydrogen) atoms. The first kappa shape index (κ1) is 14.6. The zero-order valence-corrected chi connectivity index (χ0v) is 13.7. The number of hydrogen-bond acceptors (Lipinski definition) is 6. The van der Waals surface area contributed by atoms with Crippen molar-refractivity contribution in [2.45, 2.75) is 6.92 Å². The fourth-order valence-corrected chi connectivity index (χ4v) is 3.46. The number of nitrogens with one attached hydrogen (secondary N) is 1. The Labute approximate surface area is 142 Å². The van der Waals surface area contributed by atoms with Gasteiger partial charge in [-0.05, 0) is 30.7 Å². The number of fused-ring (bicyclic) bond motifs is 1. The van der Waals surface area contributed by atoms with Gasteiger partial charge in [0.2, 0.25) is 0 Å². The van der Waals surface area contributed by atoms with Crippen molar-refractivity contribution in [1.82, 2.24) is 9.97 Å². The lowest BCUT2D eigenvalue weighted by atomic mass is 10.2. The molecule has 118 valence electrons. The molecule has 0 aliphatic heterocycles. The third kappa shape index (κ3) is 2.91. The van der Waals surface area contributed by atoms with Crippen LogP contribution in [0.25, 0.3) is 20.7 Å². The van der Waals surface area contributed by atoms with Crippen LogP contribution < -0.4 is 5.43 Å². The van der Waals surface area contributed by atoms with Crippen LogP contribution in [0.4, 0.5) is 5.82 Å². The SMILES string of the molecule is Cc1nc(N/N=C\c2ccco2)c2cc(-c3ccccc3)sc2n1. The third-order valence-electron chi connectivity index (χ3n) is 3.47. The summed E-state index contributed by atoms with van der Waals surface area (Å²) in [6.45, 7) is 1.88. The minimum atomic E-state index is 0.680. The summed E-state index contributed by atoms with van der Waals surface area (Å²) in [6, 6.07) is 16.0. The Morgan fingerprint density at radius 1 is 1.12 bits per heavy atom. The van der Waals surface area contributed by atoms with Crippen molar-refractivity contribution < 1.29 is 4.42 Å². The minimum absolute atomic E-state index is 0.680. The summed E-state index contributed by atoms with van der Waals surface area (Å²) >= 11 is 1.65. The van der Waals surface area contributed by atoms with E-state index < -0.39 is 0 Å². The van der Waals surface area contributed by atoms with Gasteiger partial charge in [0.1, 0.15) is 16.4 Å². The maximum absolute atomic E-state index is 5.22. The van der Waals surface area contributed by atoms with E-state index in [0.717, 1.165) is 15.1 Å². The first-order valence-electron chi connectivity index (χ1n) is 7.46. The van der Waals surface area contributed by atoms with Gasteiger partial charge in [-0.2, -0.15) is 5.10 Å². The molecule has 0 aliphatic rings. The highest BCUT2D eigenvalue weighted by atomic mass is 32.1. The standard InChI is InChI=1S/C18H14N4OS/c1-12-20-17(22-19-11-14-8-5-9-23-14)15-10-16(24-18(15)21-12)13-6-3-2-4-7-13/h2-11H,1H3,(H,20,21,22)/b19-11-. The van der Waals surface area contributed by atoms with Crippen molar-refractivity contribution in [3.63, 3.8) is 0 Å². The maximum Gasteiger partial charge on any atom is 0.158 e. The van der Waals surface area contributed by atoms with Crippen LogP contribution in [0.2, 0.25) is 0 Å². The molecule has 0 unspecified atom stereocenters. The highest BCUT2D eigenvalue weighted by Crippen LogP contribution is 2.35. The molecule has 1 aromatic carbocycles. The number of anilines is 1. The second kappa shape index (κ2) is 6.25. The van der Waals surface area contributed by atoms with Crippen LogP contribution in [-0.2, 0) is 0 Å². The van der Waals surface area contributed by atoms with Gasteiger partial charge in [0, 0.05) is 4.88 Å². The number of hydrogen-bond donors (Lipinski definition) is 1. The van der Waals surface area contributed by atoms with E-state index in [9.17, 15) is 0 Å². The molecule has 4 aromatic rings. The van der Waals surface area contributed by atoms with Gasteiger partial charge in [0.05, 0.1) is 17.9 Å². The monoisotopic (exact) mass is 334 g/mol. The Morgan fingerprint density at radius 3 is 2.79 bits per heavy atom. The fraction of sp³-hybridized carbons (Fsp3) is 0.0556. The largest absolute Gasteiger partial charge is 0.463 e. The molecule has 0 bridgehead atoms. The number of nitrogens with zero attached hydrogens (tertiary/aromatic N) is 3. The highest BCUT2D eigenvalue weighted by Gasteiger charge is 2.11. The normalized spacial score (nSPS) is 11.4. The molecule has 0 aliphatic carbocycles. The van der Waals surface area contributed by atoms with E-state index in [-0.39, 0.29) is 0 Å². The number of aromatic nitrogens is 2. The molecule has 0 saturated heterocycles. The number of aryl methyl sites for hydroxylation is 1. The molecule has 0 amide bonds. The Morgan fingerprint density at radius 2 is 2.00 bits per heavy atom. The Hall–Kier alpha value is -2.99. The van der Waals surface area contributed by atoms with Crippen LogP contribution in [0, 0.1) is 6.92 Å². The zero-order valence-electron chi connectivity index (χ0n) is 12.9. The molecule has 0 fully saturated rings. The molecule has 3 aromatic heterocycles. The smallest absolute Gasteiger partial charge is 0.158 e. The first-order valence-corrected chi connectivity index (χ1v) is 8.27. The predicted octanol–water partition coefficient (Wildman–Crippen LogP) is 4.71. The molecule has 0 saturated carbocycles. The number of furan rings is 1. The topological polar surface area (TPSA) is 63.3 Å². The Bertz CT molecular complexity index is 991. The quantitative estimate of drug-likeness (QED) is 0.434. The molecule has 0 atom stereocenters. The lowest BCUT2D eigenvalue weighted by Gasteiger charge is -2.01. The number of benzene rings is 1. The second-order valence-electron chi connectivity index (χ2n) is 5.20. The number of rotatable bonds is 4. The van der Waals surface area contributed by atoms with Crippen LogP contribution in [0.3, 0.4) is 0 Å². The molecular formula is C18H14N4OS. The van der Waals surface area contributed by atoms with Gasteiger partial charge in [-0.15, -0.1) is 11.3 Å². The van der Waals surface area contributed by atoms with Crippen molar-refractivity contribution in [2.75, 3.05) is 5.43 Å². The van der Waals surface area contributed by atoms with E-state index in [1.165, 1.54) is 5.56 Å². The van der Waals surface area contributed by atoms with Gasteiger partial charge in [-0.25, -0.2) is 9.97 Å². The van der Waals surface area contributed by atoms with E-state index in [0.29, 0.717) is 17.4 Å². The van der Waals surface area contributed by atoms with Crippen LogP contribution in [0.1, 0.15) is 11.6 Å². The summed E-state index contributed by atoms with van der Waals surface area (Å²) in [5.41, 5.74) is 4.17. The predicted molar refractivity (Wildman–Crippen MR) is 97.5 cm³/mol. The van der Waals surface area contributed by atoms with Crippen molar-refractivity contribution >= 4 is 33.6 Å². The summed E-state index contributed by atoms with van der Waals surface area (Å²) in [5, 5.41) is 5.16. The van der Waals surface area contributed by atoms with Gasteiger partial charge in [0.15, 0.2) is 5.82 Å². The Kier molecular flexibility index (Phi) is 3.80. The first-order chi connectivity index (χ1) is 11.8. The second-order valence-corrected chi connectivity index (χ2v) is 6.23. The number of thiophene rings is 1. The van der Waals surface area contributed by atoms with Crippen LogP contribution in [0.5, 0.6) is 0 Å². The lowest BCUT2D eigenvalue weighted by Crippen LogP contribution is -1.97. The van der Waals surface area contributed by atoms with Crippen molar-refractivity contribution in [3.8, 4) is 10.4 Å². The average Bonchev–Trinajstić information content (AvgIpc) is 3.25. The molecule has 1 N–H and O–H groups in total. The summed E-state index contributed by atoms with van der Waals surface area (Å²) < 4.78 is 5.22. The van der Waals surface area contributed by atoms with E-state index in [2.05, 4.69) is 38.7 Å². The minimum Gasteiger partial charge on any atom is -0.463 e. The van der Waals surface area contributed by atoms with Gasteiger partial charge in [-0.1, -0.05) is 30.3 Å². The summed E-state index contributed by atoms with van der Waals surface area (Å²) in [7, 11) is 0. The molecule has 4 rings (SSSR count). The fourth-order valence-electron chi connectivity index (χ4n) is 2.38. The summed E-state index contributed by atoms with van der Waals surface area (Å²) in [5.74, 6) is 2.08. The van der Waals surface area contributed by atoms with Gasteiger partial charge in [0.25, 0.3) is 0 Å². The van der Waals surface area contributed by atoms with Gasteiger partial charge < -0.3 is 4.42 Å². The van der Waals surface area contributed by atoms with E-state index in [4.69, 9.17) is 4.42 Å². The van der Waals surface area contributed by atoms with Crippen LogP contribution in [-0.4, -0.2) is 16.2 Å². The molecule has 0 radical (unpaired) electrons. The molecule has 0 spiro atoms. The summed E-state index contributed by atoms with van der Waals surface area (Å²) in [4.78, 5) is 11.1. The molecule has 5 nitrogen and oxygen atoms in total. The van der Waals surface area contributed by atoms with Crippen molar-refractivity contribution in [2.24, 2.45) is 5.10 Å². The maximum atomic E-state index is 5.22. The zero-order chi connectivity index (χ0) is 16.4. The Balaban J connectivity index is 1.71. The molecule has 6 heteroatoms. The molecule has 3 heterocycles. The van der Waals surface area contributed by atoms with Crippen molar-refractivity contribution in [3.05, 3.63) is 66.4 Å². The number of hydrazone groups is 1. The van der Waals surface area contributed by atoms with Gasteiger partial charge in [-0.3, -0.25) is 5.43 Å². The van der Waals surface area contributed by atoms with E-state index in [1.807, 2.05) is 37.3 Å². The lowest BCUT2D eigenvalue weighted by molar-refractivity contribution is 0.560. The highest BCUT2D eigenvalue weighted by molar-refractivity contribution is 7.21. The van der Waals surface area contributed by atoms with E-state index >= 15 is 0 Å². The molecular weight excluding hydrogens is 320 g/mol. The average molecular weight is 334 g/mol. The van der Waals surface area contributed by atoms with Gasteiger partial charge >= 0.3 is 0 Å². The van der Waals surface area contributed by atoms with Crippen molar-refractivity contribution in [1.29, 1.82) is 0 Å². The van der Waals surface area contributed by atoms with Crippen LogP contribution in [0.15, 0.2) is 64.3 Å².